The predicted octanol–water partition coefficient (Wildman–Crippen LogP) is 5.05. The third-order valence-electron chi connectivity index (χ3n) is 6.31. The van der Waals surface area contributed by atoms with Gasteiger partial charge in [0.1, 0.15) is 23.1 Å². The van der Waals surface area contributed by atoms with Gasteiger partial charge >= 0.3 is 0 Å². The number of hydrogen-bond acceptors (Lipinski definition) is 6. The maximum atomic E-state index is 12.7. The van der Waals surface area contributed by atoms with Gasteiger partial charge < -0.3 is 25.9 Å². The molecule has 0 saturated carbocycles. The van der Waals surface area contributed by atoms with Crippen molar-refractivity contribution >= 4 is 23.7 Å². The van der Waals surface area contributed by atoms with Gasteiger partial charge in [0.05, 0.1) is 24.4 Å². The summed E-state index contributed by atoms with van der Waals surface area (Å²) in [5.41, 5.74) is 15.5. The number of aliphatic imine (C=N–C) groups is 1. The van der Waals surface area contributed by atoms with Crippen LogP contribution >= 0.6 is 0 Å². The second-order valence-corrected chi connectivity index (χ2v) is 8.87. The zero-order valence-corrected chi connectivity index (χ0v) is 20.5. The Morgan fingerprint density at radius 2 is 1.74 bits per heavy atom. The smallest absolute Gasteiger partial charge is 0.251 e. The molecular weight excluding hydrogens is 478 g/mol. The summed E-state index contributed by atoms with van der Waals surface area (Å²) in [5.74, 6) is 0.886. The molecule has 2 unspecified atom stereocenters. The number of para-hydroxylation sites is 1. The molecule has 8 heteroatoms. The molecule has 190 valence electrons. The Morgan fingerprint density at radius 3 is 2.45 bits per heavy atom. The van der Waals surface area contributed by atoms with Crippen LogP contribution in [0.3, 0.4) is 0 Å². The van der Waals surface area contributed by atoms with E-state index in [2.05, 4.69) is 10.3 Å². The normalized spacial score (nSPS) is 16.7. The number of carbonyl (C=O) groups excluding carboxylic acids is 1. The van der Waals surface area contributed by atoms with Gasteiger partial charge in [-0.2, -0.15) is 0 Å². The standard InChI is InChI=1S/C30H27N5O3/c31-27-26(29(32)33)25(19-11-13-23(14-12-19)38-22-8-2-1-3-9-22)18-34-28(27)20-6-4-7-21(16-20)30(36)35-17-24-10-5-15-37-24/h1-16,18,25-26H,17,31H2,(H3,32,33)(H,35,36). The molecule has 2 heterocycles. The maximum absolute atomic E-state index is 12.7. The zero-order valence-electron chi connectivity index (χ0n) is 20.5. The van der Waals surface area contributed by atoms with E-state index in [1.54, 1.807) is 42.8 Å². The Bertz CT molecular complexity index is 1490. The van der Waals surface area contributed by atoms with E-state index in [-0.39, 0.29) is 24.2 Å². The number of amidine groups is 1. The minimum Gasteiger partial charge on any atom is -0.467 e. The number of rotatable bonds is 8. The molecule has 2 atom stereocenters. The molecule has 4 aromatic rings. The molecule has 1 amide bonds. The van der Waals surface area contributed by atoms with E-state index in [9.17, 15) is 4.79 Å². The summed E-state index contributed by atoms with van der Waals surface area (Å²) < 4.78 is 11.2. The highest BCUT2D eigenvalue weighted by atomic mass is 16.5. The average Bonchev–Trinajstić information content (AvgIpc) is 3.46. The van der Waals surface area contributed by atoms with Crippen molar-refractivity contribution in [1.29, 1.82) is 5.41 Å². The van der Waals surface area contributed by atoms with E-state index in [1.807, 2.05) is 60.7 Å². The fourth-order valence-electron chi connectivity index (χ4n) is 4.41. The number of nitrogens with zero attached hydrogens (tertiary/aromatic N) is 1. The van der Waals surface area contributed by atoms with Gasteiger partial charge in [-0.3, -0.25) is 15.2 Å². The van der Waals surface area contributed by atoms with Crippen molar-refractivity contribution in [1.82, 2.24) is 5.32 Å². The van der Waals surface area contributed by atoms with Crippen molar-refractivity contribution in [3.63, 3.8) is 0 Å². The summed E-state index contributed by atoms with van der Waals surface area (Å²) in [7, 11) is 0. The SMILES string of the molecule is N=C(N)C1C(N)=C(c2cccc(C(=O)NCc3ccco3)c2)N=CC1c1ccc(Oc2ccccc2)cc1. The third kappa shape index (κ3) is 5.34. The minimum absolute atomic E-state index is 0.0619. The zero-order chi connectivity index (χ0) is 26.5. The number of amides is 1. The molecule has 1 aliphatic rings. The molecule has 1 aromatic heterocycles. The summed E-state index contributed by atoms with van der Waals surface area (Å²) in [4.78, 5) is 17.4. The number of ether oxygens (including phenoxy) is 1. The lowest BCUT2D eigenvalue weighted by Crippen LogP contribution is -2.35. The van der Waals surface area contributed by atoms with Crippen LogP contribution in [-0.4, -0.2) is 18.0 Å². The molecule has 0 radical (unpaired) electrons. The maximum Gasteiger partial charge on any atom is 0.251 e. The topological polar surface area (TPSA) is 140 Å². The van der Waals surface area contributed by atoms with E-state index in [1.165, 1.54) is 0 Å². The van der Waals surface area contributed by atoms with Gasteiger partial charge in [0.25, 0.3) is 5.91 Å². The first-order valence-electron chi connectivity index (χ1n) is 12.1. The molecule has 0 saturated heterocycles. The summed E-state index contributed by atoms with van der Waals surface area (Å²) in [5, 5.41) is 11.1. The van der Waals surface area contributed by atoms with E-state index in [0.717, 1.165) is 11.3 Å². The van der Waals surface area contributed by atoms with Crippen LogP contribution in [0.4, 0.5) is 0 Å². The first kappa shape index (κ1) is 24.6. The molecular formula is C30H27N5O3. The molecule has 0 fully saturated rings. The van der Waals surface area contributed by atoms with E-state index in [0.29, 0.717) is 34.0 Å². The highest BCUT2D eigenvalue weighted by molar-refractivity contribution is 5.97. The van der Waals surface area contributed by atoms with Gasteiger partial charge in [0.2, 0.25) is 0 Å². The van der Waals surface area contributed by atoms with Crippen LogP contribution in [0.5, 0.6) is 11.5 Å². The van der Waals surface area contributed by atoms with Gasteiger partial charge in [0.15, 0.2) is 0 Å². The molecule has 3 aromatic carbocycles. The lowest BCUT2D eigenvalue weighted by Gasteiger charge is -2.29. The minimum atomic E-state index is -0.583. The molecule has 1 aliphatic heterocycles. The first-order valence-corrected chi connectivity index (χ1v) is 12.1. The summed E-state index contributed by atoms with van der Waals surface area (Å²) in [6.07, 6.45) is 3.32. The Labute approximate surface area is 220 Å². The van der Waals surface area contributed by atoms with Crippen molar-refractivity contribution < 1.29 is 13.9 Å². The first-order chi connectivity index (χ1) is 18.5. The van der Waals surface area contributed by atoms with Crippen LogP contribution < -0.4 is 21.5 Å². The summed E-state index contributed by atoms with van der Waals surface area (Å²) in [6.45, 7) is 0.280. The number of nitrogens with one attached hydrogen (secondary N) is 2. The van der Waals surface area contributed by atoms with Gasteiger partial charge in [0, 0.05) is 29.0 Å². The summed E-state index contributed by atoms with van der Waals surface area (Å²) >= 11 is 0. The fraction of sp³-hybridized carbons (Fsp3) is 0.100. The molecule has 6 N–H and O–H groups in total. The Kier molecular flexibility index (Phi) is 7.04. The monoisotopic (exact) mass is 505 g/mol. The lowest BCUT2D eigenvalue weighted by atomic mass is 9.81. The fourth-order valence-corrected chi connectivity index (χ4v) is 4.41. The van der Waals surface area contributed by atoms with Gasteiger partial charge in [-0.05, 0) is 54.1 Å². The molecule has 0 aliphatic carbocycles. The largest absolute Gasteiger partial charge is 0.467 e. The number of carbonyl (C=O) groups is 1. The Balaban J connectivity index is 1.35. The third-order valence-corrected chi connectivity index (χ3v) is 6.31. The van der Waals surface area contributed by atoms with Crippen LogP contribution in [-0.2, 0) is 6.54 Å². The average molecular weight is 506 g/mol. The Hall–Kier alpha value is -5.11. The second-order valence-electron chi connectivity index (χ2n) is 8.87. The number of hydrogen-bond donors (Lipinski definition) is 4. The number of nitrogens with two attached hydrogens (primary N) is 2. The molecule has 0 bridgehead atoms. The van der Waals surface area contributed by atoms with Crippen LogP contribution in [0.1, 0.15) is 33.2 Å². The van der Waals surface area contributed by atoms with Crippen molar-refractivity contribution in [3.05, 3.63) is 125 Å². The van der Waals surface area contributed by atoms with Crippen molar-refractivity contribution in [2.24, 2.45) is 22.4 Å². The number of benzene rings is 3. The summed E-state index contributed by atoms with van der Waals surface area (Å²) in [6, 6.07) is 27.7. The van der Waals surface area contributed by atoms with E-state index in [4.69, 9.17) is 26.0 Å². The number of furan rings is 1. The van der Waals surface area contributed by atoms with E-state index < -0.39 is 5.92 Å². The van der Waals surface area contributed by atoms with E-state index >= 15 is 0 Å². The van der Waals surface area contributed by atoms with Crippen molar-refractivity contribution in [2.75, 3.05) is 0 Å². The second kappa shape index (κ2) is 10.9. The van der Waals surface area contributed by atoms with Crippen molar-refractivity contribution in [2.45, 2.75) is 12.5 Å². The molecule has 8 nitrogen and oxygen atoms in total. The van der Waals surface area contributed by atoms with Crippen LogP contribution in [0.25, 0.3) is 5.70 Å². The highest BCUT2D eigenvalue weighted by Crippen LogP contribution is 2.36. The lowest BCUT2D eigenvalue weighted by molar-refractivity contribution is 0.0948. The van der Waals surface area contributed by atoms with Crippen LogP contribution in [0.2, 0.25) is 0 Å². The predicted molar refractivity (Wildman–Crippen MR) is 147 cm³/mol. The van der Waals surface area contributed by atoms with Gasteiger partial charge in [-0.25, -0.2) is 0 Å². The molecule has 5 rings (SSSR count). The highest BCUT2D eigenvalue weighted by Gasteiger charge is 2.32. The van der Waals surface area contributed by atoms with Gasteiger partial charge in [-0.15, -0.1) is 0 Å². The van der Waals surface area contributed by atoms with Gasteiger partial charge in [-0.1, -0.05) is 42.5 Å². The van der Waals surface area contributed by atoms with Crippen LogP contribution in [0, 0.1) is 11.3 Å². The Morgan fingerprint density at radius 1 is 0.974 bits per heavy atom. The molecule has 0 spiro atoms. The quantitative estimate of drug-likeness (QED) is 0.196. The molecule has 38 heavy (non-hydrogen) atoms. The van der Waals surface area contributed by atoms with Crippen molar-refractivity contribution in [3.8, 4) is 11.5 Å². The van der Waals surface area contributed by atoms with Crippen LogP contribution in [0.15, 0.2) is 112 Å².